The molecule has 1 rings (SSSR count). The SMILES string of the molecule is Cc1cc(OC=O)cc(O)c1O. The number of hydrogen-bond acceptors (Lipinski definition) is 4. The molecular weight excluding hydrogens is 160 g/mol. The fraction of sp³-hybridized carbons (Fsp3) is 0.125. The lowest BCUT2D eigenvalue weighted by Gasteiger charge is -2.03. The summed E-state index contributed by atoms with van der Waals surface area (Å²) in [5.41, 5.74) is 0.451. The Morgan fingerprint density at radius 3 is 2.58 bits per heavy atom. The lowest BCUT2D eigenvalue weighted by molar-refractivity contribution is -0.120. The molecule has 0 bridgehead atoms. The van der Waals surface area contributed by atoms with Crippen LogP contribution >= 0.6 is 0 Å². The number of carbonyl (C=O) groups is 1. The molecule has 0 aliphatic rings. The molecule has 2 N–H and O–H groups in total. The van der Waals surface area contributed by atoms with Crippen LogP contribution < -0.4 is 4.74 Å². The Labute approximate surface area is 69.0 Å². The average molecular weight is 168 g/mol. The number of rotatable bonds is 2. The Hall–Kier alpha value is -1.71. The minimum atomic E-state index is -0.299. The van der Waals surface area contributed by atoms with Crippen LogP contribution in [0.25, 0.3) is 0 Å². The molecule has 12 heavy (non-hydrogen) atoms. The first kappa shape index (κ1) is 8.39. The van der Waals surface area contributed by atoms with Gasteiger partial charge in [0, 0.05) is 6.07 Å². The maximum absolute atomic E-state index is 9.92. The Morgan fingerprint density at radius 1 is 1.42 bits per heavy atom. The minimum absolute atomic E-state index is 0.201. The summed E-state index contributed by atoms with van der Waals surface area (Å²) in [4.78, 5) is 9.92. The second-order valence-electron chi connectivity index (χ2n) is 2.32. The largest absolute Gasteiger partial charge is 0.504 e. The molecule has 0 fully saturated rings. The molecule has 1 aromatic carbocycles. The highest BCUT2D eigenvalue weighted by atomic mass is 16.5. The molecule has 0 spiro atoms. The first-order valence-electron chi connectivity index (χ1n) is 3.28. The number of phenolic OH excluding ortho intramolecular Hbond substituents is 2. The highest BCUT2D eigenvalue weighted by Crippen LogP contribution is 2.32. The van der Waals surface area contributed by atoms with Gasteiger partial charge >= 0.3 is 0 Å². The zero-order chi connectivity index (χ0) is 9.14. The topological polar surface area (TPSA) is 66.8 Å². The molecule has 4 heteroatoms. The molecule has 0 atom stereocenters. The van der Waals surface area contributed by atoms with Gasteiger partial charge in [-0.25, -0.2) is 0 Å². The molecule has 0 aliphatic heterocycles. The highest BCUT2D eigenvalue weighted by molar-refractivity contribution is 5.53. The fourth-order valence-corrected chi connectivity index (χ4v) is 0.852. The van der Waals surface area contributed by atoms with E-state index in [0.717, 1.165) is 6.07 Å². The Kier molecular flexibility index (Phi) is 2.19. The Bertz CT molecular complexity index is 283. The van der Waals surface area contributed by atoms with E-state index in [0.29, 0.717) is 5.56 Å². The van der Waals surface area contributed by atoms with Crippen LogP contribution in [0.1, 0.15) is 5.56 Å². The molecule has 0 saturated heterocycles. The van der Waals surface area contributed by atoms with Gasteiger partial charge in [0.15, 0.2) is 11.5 Å². The first-order valence-corrected chi connectivity index (χ1v) is 3.28. The van der Waals surface area contributed by atoms with Crippen LogP contribution in [-0.4, -0.2) is 16.7 Å². The van der Waals surface area contributed by atoms with E-state index in [1.807, 2.05) is 0 Å². The van der Waals surface area contributed by atoms with E-state index >= 15 is 0 Å². The zero-order valence-electron chi connectivity index (χ0n) is 6.44. The highest BCUT2D eigenvalue weighted by Gasteiger charge is 2.05. The number of carbonyl (C=O) groups excluding carboxylic acids is 1. The van der Waals surface area contributed by atoms with Crippen molar-refractivity contribution in [1.82, 2.24) is 0 Å². The maximum Gasteiger partial charge on any atom is 0.298 e. The molecule has 4 nitrogen and oxygen atoms in total. The predicted octanol–water partition coefficient (Wildman–Crippen LogP) is 0.941. The van der Waals surface area contributed by atoms with Gasteiger partial charge in [0.2, 0.25) is 0 Å². The van der Waals surface area contributed by atoms with Gasteiger partial charge < -0.3 is 14.9 Å². The molecule has 0 aliphatic carbocycles. The van der Waals surface area contributed by atoms with Crippen molar-refractivity contribution in [1.29, 1.82) is 0 Å². The van der Waals surface area contributed by atoms with E-state index in [-0.39, 0.29) is 23.7 Å². The van der Waals surface area contributed by atoms with Gasteiger partial charge in [-0.3, -0.25) is 4.79 Å². The van der Waals surface area contributed by atoms with Gasteiger partial charge in [-0.15, -0.1) is 0 Å². The normalized spacial score (nSPS) is 9.42. The molecule has 1 aromatic rings. The maximum atomic E-state index is 9.92. The summed E-state index contributed by atoms with van der Waals surface area (Å²) in [6.07, 6.45) is 0. The standard InChI is InChI=1S/C8H8O4/c1-5-2-6(12-4-9)3-7(10)8(5)11/h2-4,10-11H,1H3. The number of benzene rings is 1. The average Bonchev–Trinajstić information content (AvgIpc) is 2.01. The quantitative estimate of drug-likeness (QED) is 0.509. The van der Waals surface area contributed by atoms with Crippen molar-refractivity contribution >= 4 is 6.47 Å². The van der Waals surface area contributed by atoms with Crippen LogP contribution in [0.15, 0.2) is 12.1 Å². The van der Waals surface area contributed by atoms with E-state index in [1.54, 1.807) is 6.92 Å². The lowest BCUT2D eigenvalue weighted by Crippen LogP contribution is -1.89. The number of hydrogen-bond donors (Lipinski definition) is 2. The van der Waals surface area contributed by atoms with Crippen LogP contribution in [0.3, 0.4) is 0 Å². The molecule has 64 valence electrons. The van der Waals surface area contributed by atoms with Crippen molar-refractivity contribution < 1.29 is 19.7 Å². The molecule has 0 saturated carbocycles. The number of phenols is 2. The van der Waals surface area contributed by atoms with E-state index in [9.17, 15) is 4.79 Å². The predicted molar refractivity (Wildman–Crippen MR) is 41.2 cm³/mol. The van der Waals surface area contributed by atoms with E-state index in [2.05, 4.69) is 4.74 Å². The number of aryl methyl sites for hydroxylation is 1. The van der Waals surface area contributed by atoms with E-state index in [4.69, 9.17) is 10.2 Å². The van der Waals surface area contributed by atoms with Crippen molar-refractivity contribution in [3.8, 4) is 17.2 Å². The van der Waals surface area contributed by atoms with Crippen molar-refractivity contribution in [2.75, 3.05) is 0 Å². The molecule has 0 radical (unpaired) electrons. The summed E-state index contributed by atoms with van der Waals surface area (Å²) in [7, 11) is 0. The van der Waals surface area contributed by atoms with Crippen LogP contribution in [-0.2, 0) is 4.79 Å². The monoisotopic (exact) mass is 168 g/mol. The number of aromatic hydroxyl groups is 2. The van der Waals surface area contributed by atoms with Crippen molar-refractivity contribution in [3.63, 3.8) is 0 Å². The second-order valence-corrected chi connectivity index (χ2v) is 2.32. The smallest absolute Gasteiger partial charge is 0.298 e. The number of ether oxygens (including phenoxy) is 1. The van der Waals surface area contributed by atoms with Gasteiger partial charge in [0.25, 0.3) is 6.47 Å². The van der Waals surface area contributed by atoms with E-state index < -0.39 is 0 Å². The van der Waals surface area contributed by atoms with Crippen LogP contribution in [0.5, 0.6) is 17.2 Å². The molecule has 0 unspecified atom stereocenters. The van der Waals surface area contributed by atoms with Crippen LogP contribution in [0.4, 0.5) is 0 Å². The van der Waals surface area contributed by atoms with Gasteiger partial charge in [0.1, 0.15) is 5.75 Å². The summed E-state index contributed by atoms with van der Waals surface area (Å²) in [6.45, 7) is 1.85. The van der Waals surface area contributed by atoms with Crippen molar-refractivity contribution in [2.24, 2.45) is 0 Å². The third-order valence-electron chi connectivity index (χ3n) is 1.44. The van der Waals surface area contributed by atoms with Crippen LogP contribution in [0, 0.1) is 6.92 Å². The minimum Gasteiger partial charge on any atom is -0.504 e. The van der Waals surface area contributed by atoms with E-state index in [1.165, 1.54) is 6.07 Å². The fourth-order valence-electron chi connectivity index (χ4n) is 0.852. The van der Waals surface area contributed by atoms with Gasteiger partial charge in [0.05, 0.1) is 0 Å². The lowest BCUT2D eigenvalue weighted by atomic mass is 10.2. The zero-order valence-corrected chi connectivity index (χ0v) is 6.44. The summed E-state index contributed by atoms with van der Waals surface area (Å²) >= 11 is 0. The molecule has 0 amide bonds. The Balaban J connectivity index is 3.11. The summed E-state index contributed by atoms with van der Waals surface area (Å²) in [6, 6.07) is 2.61. The Morgan fingerprint density at radius 2 is 2.08 bits per heavy atom. The van der Waals surface area contributed by atoms with Gasteiger partial charge in [-0.2, -0.15) is 0 Å². The van der Waals surface area contributed by atoms with Crippen molar-refractivity contribution in [3.05, 3.63) is 17.7 Å². The first-order chi connectivity index (χ1) is 5.65. The summed E-state index contributed by atoms with van der Waals surface area (Å²) in [5, 5.41) is 18.2. The second kappa shape index (κ2) is 3.13. The van der Waals surface area contributed by atoms with Gasteiger partial charge in [-0.1, -0.05) is 0 Å². The molecular formula is C8H8O4. The van der Waals surface area contributed by atoms with Gasteiger partial charge in [-0.05, 0) is 18.6 Å². The molecule has 0 aromatic heterocycles. The molecule has 0 heterocycles. The van der Waals surface area contributed by atoms with Crippen molar-refractivity contribution in [2.45, 2.75) is 6.92 Å². The summed E-state index contributed by atoms with van der Waals surface area (Å²) < 4.78 is 4.47. The summed E-state index contributed by atoms with van der Waals surface area (Å²) in [5.74, 6) is -0.294. The van der Waals surface area contributed by atoms with Crippen LogP contribution in [0.2, 0.25) is 0 Å². The third-order valence-corrected chi connectivity index (χ3v) is 1.44. The third kappa shape index (κ3) is 1.47.